The van der Waals surface area contributed by atoms with E-state index < -0.39 is 0 Å². The van der Waals surface area contributed by atoms with Crippen molar-refractivity contribution >= 4 is 40.0 Å². The Morgan fingerprint density at radius 1 is 1.03 bits per heavy atom. The molecule has 1 fully saturated rings. The molecule has 33 heavy (non-hydrogen) atoms. The predicted octanol–water partition coefficient (Wildman–Crippen LogP) is 4.60. The molecule has 3 heterocycles. The molecule has 0 saturated carbocycles. The fourth-order valence-electron chi connectivity index (χ4n) is 4.48. The van der Waals surface area contributed by atoms with E-state index in [1.165, 1.54) is 0 Å². The molecule has 0 spiro atoms. The monoisotopic (exact) mass is 462 g/mol. The van der Waals surface area contributed by atoms with Crippen LogP contribution in [0.3, 0.4) is 0 Å². The van der Waals surface area contributed by atoms with Crippen LogP contribution in [0.15, 0.2) is 42.5 Å². The molecule has 170 valence electrons. The Kier molecular flexibility index (Phi) is 5.66. The summed E-state index contributed by atoms with van der Waals surface area (Å²) in [4.78, 5) is 21.8. The van der Waals surface area contributed by atoms with E-state index in [2.05, 4.69) is 34.2 Å². The van der Waals surface area contributed by atoms with Crippen molar-refractivity contribution in [2.24, 2.45) is 5.92 Å². The standard InChI is InChI=1S/C25H27ClN6O/c1-16(2)24(33)30-10-5-11-31(13-12-30)25-27-21-15-19(26)8-9-20(21)23-29-28-22(32(23)25)18-7-4-6-17(3)14-18/h4,6-9,14-16H,5,10-13H2,1-3H3. The van der Waals surface area contributed by atoms with Crippen molar-refractivity contribution in [1.29, 1.82) is 0 Å². The second kappa shape index (κ2) is 8.63. The highest BCUT2D eigenvalue weighted by Gasteiger charge is 2.25. The van der Waals surface area contributed by atoms with Crippen LogP contribution in [0.1, 0.15) is 25.8 Å². The zero-order valence-corrected chi connectivity index (χ0v) is 19.9. The summed E-state index contributed by atoms with van der Waals surface area (Å²) in [5.74, 6) is 1.73. The van der Waals surface area contributed by atoms with Gasteiger partial charge in [0, 0.05) is 48.1 Å². The van der Waals surface area contributed by atoms with Crippen LogP contribution in [0.5, 0.6) is 0 Å². The Labute approximate surface area is 198 Å². The molecule has 4 aromatic rings. The van der Waals surface area contributed by atoms with Crippen LogP contribution < -0.4 is 4.90 Å². The second-order valence-electron chi connectivity index (χ2n) is 8.95. The number of aromatic nitrogens is 4. The van der Waals surface area contributed by atoms with Crippen molar-refractivity contribution in [3.8, 4) is 11.4 Å². The molecule has 0 bridgehead atoms. The zero-order valence-electron chi connectivity index (χ0n) is 19.1. The van der Waals surface area contributed by atoms with Gasteiger partial charge >= 0.3 is 0 Å². The average molecular weight is 463 g/mol. The number of hydrogen-bond donors (Lipinski definition) is 0. The van der Waals surface area contributed by atoms with E-state index in [4.69, 9.17) is 16.6 Å². The molecule has 1 aliphatic heterocycles. The van der Waals surface area contributed by atoms with Crippen LogP contribution in [0.25, 0.3) is 27.9 Å². The summed E-state index contributed by atoms with van der Waals surface area (Å²) in [5.41, 5.74) is 3.68. The summed E-state index contributed by atoms with van der Waals surface area (Å²) in [5, 5.41) is 10.7. The van der Waals surface area contributed by atoms with Gasteiger partial charge in [0.1, 0.15) is 0 Å². The number of fused-ring (bicyclic) bond motifs is 3. The lowest BCUT2D eigenvalue weighted by molar-refractivity contribution is -0.134. The number of aryl methyl sites for hydroxylation is 1. The van der Waals surface area contributed by atoms with Crippen LogP contribution >= 0.6 is 11.6 Å². The third-order valence-corrected chi connectivity index (χ3v) is 6.38. The third-order valence-electron chi connectivity index (χ3n) is 6.14. The summed E-state index contributed by atoms with van der Waals surface area (Å²) >= 11 is 6.30. The van der Waals surface area contributed by atoms with Crippen molar-refractivity contribution < 1.29 is 4.79 Å². The van der Waals surface area contributed by atoms with Crippen molar-refractivity contribution in [3.63, 3.8) is 0 Å². The number of nitrogens with zero attached hydrogens (tertiary/aromatic N) is 6. The van der Waals surface area contributed by atoms with Gasteiger partial charge in [0.15, 0.2) is 11.5 Å². The number of anilines is 1. The normalized spacial score (nSPS) is 14.9. The maximum absolute atomic E-state index is 12.6. The van der Waals surface area contributed by atoms with E-state index in [9.17, 15) is 4.79 Å². The molecule has 0 N–H and O–H groups in total. The van der Waals surface area contributed by atoms with Gasteiger partial charge in [-0.25, -0.2) is 9.38 Å². The molecule has 2 aromatic carbocycles. The van der Waals surface area contributed by atoms with Crippen LogP contribution in [0, 0.1) is 12.8 Å². The molecule has 0 aliphatic carbocycles. The van der Waals surface area contributed by atoms with Gasteiger partial charge in [-0.15, -0.1) is 10.2 Å². The number of hydrogen-bond acceptors (Lipinski definition) is 5. The Bertz CT molecular complexity index is 1350. The molecule has 1 aliphatic rings. The van der Waals surface area contributed by atoms with Gasteiger partial charge in [0.05, 0.1) is 5.52 Å². The number of halogens is 1. The number of rotatable bonds is 3. The van der Waals surface area contributed by atoms with Crippen LogP contribution in [-0.4, -0.2) is 56.6 Å². The highest BCUT2D eigenvalue weighted by atomic mass is 35.5. The number of carbonyl (C=O) groups excluding carboxylic acids is 1. The molecule has 0 atom stereocenters. The summed E-state index contributed by atoms with van der Waals surface area (Å²) in [6.07, 6.45) is 0.872. The fourth-order valence-corrected chi connectivity index (χ4v) is 4.64. The molecule has 2 aromatic heterocycles. The molecular weight excluding hydrogens is 436 g/mol. The first kappa shape index (κ1) is 21.6. The minimum atomic E-state index is -0.00466. The van der Waals surface area contributed by atoms with Crippen LogP contribution in [-0.2, 0) is 4.79 Å². The van der Waals surface area contributed by atoms with Crippen molar-refractivity contribution in [1.82, 2.24) is 24.5 Å². The Hall–Kier alpha value is -3.19. The first-order valence-electron chi connectivity index (χ1n) is 11.4. The lowest BCUT2D eigenvalue weighted by Crippen LogP contribution is -2.38. The van der Waals surface area contributed by atoms with Crippen molar-refractivity contribution in [2.75, 3.05) is 31.1 Å². The Balaban J connectivity index is 1.66. The average Bonchev–Trinajstić information content (AvgIpc) is 3.09. The van der Waals surface area contributed by atoms with Crippen LogP contribution in [0.2, 0.25) is 5.02 Å². The molecule has 0 unspecified atom stereocenters. The summed E-state index contributed by atoms with van der Waals surface area (Å²) < 4.78 is 2.05. The molecule has 1 saturated heterocycles. The van der Waals surface area contributed by atoms with E-state index in [1.54, 1.807) is 0 Å². The van der Waals surface area contributed by atoms with Crippen molar-refractivity contribution in [3.05, 3.63) is 53.1 Å². The van der Waals surface area contributed by atoms with Crippen molar-refractivity contribution in [2.45, 2.75) is 27.2 Å². The highest BCUT2D eigenvalue weighted by molar-refractivity contribution is 6.31. The maximum Gasteiger partial charge on any atom is 0.225 e. The van der Waals surface area contributed by atoms with Gasteiger partial charge in [-0.3, -0.25) is 4.79 Å². The first-order valence-corrected chi connectivity index (χ1v) is 11.8. The SMILES string of the molecule is Cc1cccc(-c2nnc3c4ccc(Cl)cc4nc(N4CCCN(C(=O)C(C)C)CC4)n23)c1. The molecule has 0 radical (unpaired) electrons. The summed E-state index contributed by atoms with van der Waals surface area (Å²) in [7, 11) is 0. The first-order chi connectivity index (χ1) is 15.9. The lowest BCUT2D eigenvalue weighted by atomic mass is 10.1. The molecular formula is C25H27ClN6O. The van der Waals surface area contributed by atoms with E-state index in [1.807, 2.05) is 53.5 Å². The third kappa shape index (κ3) is 4.02. The zero-order chi connectivity index (χ0) is 23.1. The minimum Gasteiger partial charge on any atom is -0.341 e. The van der Waals surface area contributed by atoms with Gasteiger partial charge in [-0.05, 0) is 37.6 Å². The van der Waals surface area contributed by atoms with Gasteiger partial charge in [-0.1, -0.05) is 49.2 Å². The Morgan fingerprint density at radius 3 is 2.67 bits per heavy atom. The summed E-state index contributed by atoms with van der Waals surface area (Å²) in [6.45, 7) is 8.87. The van der Waals surface area contributed by atoms with Gasteiger partial charge in [0.2, 0.25) is 11.9 Å². The second-order valence-corrected chi connectivity index (χ2v) is 9.38. The molecule has 5 rings (SSSR count). The fraction of sp³-hybridized carbons (Fsp3) is 0.360. The smallest absolute Gasteiger partial charge is 0.225 e. The molecule has 7 nitrogen and oxygen atoms in total. The van der Waals surface area contributed by atoms with E-state index in [-0.39, 0.29) is 11.8 Å². The predicted molar refractivity (Wildman–Crippen MR) is 132 cm³/mol. The quantitative estimate of drug-likeness (QED) is 0.445. The van der Waals surface area contributed by atoms with Crippen LogP contribution in [0.4, 0.5) is 5.95 Å². The largest absolute Gasteiger partial charge is 0.341 e. The van der Waals surface area contributed by atoms with Gasteiger partial charge in [0.25, 0.3) is 0 Å². The number of benzene rings is 2. The highest BCUT2D eigenvalue weighted by Crippen LogP contribution is 2.30. The maximum atomic E-state index is 12.6. The topological polar surface area (TPSA) is 66.6 Å². The minimum absolute atomic E-state index is 0.00466. The lowest BCUT2D eigenvalue weighted by Gasteiger charge is -2.25. The van der Waals surface area contributed by atoms with E-state index in [0.717, 1.165) is 59.0 Å². The summed E-state index contributed by atoms with van der Waals surface area (Å²) in [6, 6.07) is 13.9. The molecule has 8 heteroatoms. The number of carbonyl (C=O) groups is 1. The van der Waals surface area contributed by atoms with Gasteiger partial charge in [-0.2, -0.15) is 0 Å². The number of amides is 1. The van der Waals surface area contributed by atoms with Gasteiger partial charge < -0.3 is 9.80 Å². The molecule has 1 amide bonds. The van der Waals surface area contributed by atoms with E-state index in [0.29, 0.717) is 18.1 Å². The Morgan fingerprint density at radius 2 is 1.88 bits per heavy atom. The van der Waals surface area contributed by atoms with E-state index >= 15 is 0 Å².